The van der Waals surface area contributed by atoms with Crippen LogP contribution in [-0.4, -0.2) is 93.8 Å². The molecule has 12 atom stereocenters. The van der Waals surface area contributed by atoms with Crippen LogP contribution in [0.1, 0.15) is 98.3 Å². The first kappa shape index (κ1) is 35.5. The SMILES string of the molecule is CCCC(=O)O[C@H]1C[C@H]2C[C@@H](O)C[C@@H](C[C@@H](C)/C=C\C=C/C[C@H]3O[C@H](C[C@H]3C)[C@H](O)C[C@H]3OC(=O)[C@@]1(O)[C@H]3OC(=O)CCC)O2. The Bertz CT molecular complexity index is 1070. The van der Waals surface area contributed by atoms with Gasteiger partial charge in [0.2, 0.25) is 5.60 Å². The molecule has 0 aliphatic carbocycles. The van der Waals surface area contributed by atoms with Gasteiger partial charge >= 0.3 is 17.9 Å². The summed E-state index contributed by atoms with van der Waals surface area (Å²) in [6, 6.07) is 0. The van der Waals surface area contributed by atoms with Gasteiger partial charge in [-0.15, -0.1) is 0 Å². The minimum atomic E-state index is -2.56. The predicted octanol–water partition coefficient (Wildman–Crippen LogP) is 3.45. The summed E-state index contributed by atoms with van der Waals surface area (Å²) in [5.41, 5.74) is -2.56. The molecule has 254 valence electrons. The highest BCUT2D eigenvalue weighted by Crippen LogP contribution is 2.41. The molecule has 45 heavy (non-hydrogen) atoms. The summed E-state index contributed by atoms with van der Waals surface area (Å²) in [6.07, 6.45) is 3.60. The van der Waals surface area contributed by atoms with Crippen LogP contribution < -0.4 is 0 Å². The lowest BCUT2D eigenvalue weighted by molar-refractivity contribution is -0.200. The maximum atomic E-state index is 13.6. The summed E-state index contributed by atoms with van der Waals surface area (Å²) in [5.74, 6) is -2.11. The Labute approximate surface area is 266 Å². The van der Waals surface area contributed by atoms with Crippen molar-refractivity contribution in [2.24, 2.45) is 11.8 Å². The zero-order chi connectivity index (χ0) is 32.7. The summed E-state index contributed by atoms with van der Waals surface area (Å²) < 4.78 is 29.7. The van der Waals surface area contributed by atoms with E-state index >= 15 is 0 Å². The molecule has 0 aromatic rings. The highest BCUT2D eigenvalue weighted by atomic mass is 16.6. The molecule has 3 fully saturated rings. The van der Waals surface area contributed by atoms with Crippen LogP contribution in [0.25, 0.3) is 0 Å². The summed E-state index contributed by atoms with van der Waals surface area (Å²) >= 11 is 0. The fourth-order valence-corrected chi connectivity index (χ4v) is 7.01. The quantitative estimate of drug-likeness (QED) is 0.290. The van der Waals surface area contributed by atoms with Crippen molar-refractivity contribution in [3.8, 4) is 0 Å². The molecule has 11 nitrogen and oxygen atoms in total. The van der Waals surface area contributed by atoms with Crippen LogP contribution in [0.5, 0.6) is 0 Å². The molecule has 6 bridgehead atoms. The maximum Gasteiger partial charge on any atom is 0.346 e. The van der Waals surface area contributed by atoms with E-state index in [0.29, 0.717) is 38.5 Å². The van der Waals surface area contributed by atoms with Gasteiger partial charge in [0.05, 0.1) is 36.6 Å². The summed E-state index contributed by atoms with van der Waals surface area (Å²) in [7, 11) is 0. The summed E-state index contributed by atoms with van der Waals surface area (Å²) in [5, 5.41) is 34.2. The Hall–Kier alpha value is -2.31. The number of rotatable bonds is 6. The molecule has 4 aliphatic heterocycles. The molecule has 4 rings (SSSR count). The average Bonchev–Trinajstić information content (AvgIpc) is 3.44. The maximum absolute atomic E-state index is 13.6. The molecular formula is C34H52O11. The Morgan fingerprint density at radius 1 is 0.867 bits per heavy atom. The minimum absolute atomic E-state index is 0.0288. The zero-order valence-corrected chi connectivity index (χ0v) is 27.0. The van der Waals surface area contributed by atoms with Gasteiger partial charge in [-0.3, -0.25) is 9.59 Å². The van der Waals surface area contributed by atoms with Gasteiger partial charge in [0.1, 0.15) is 12.2 Å². The van der Waals surface area contributed by atoms with Crippen molar-refractivity contribution >= 4 is 17.9 Å². The van der Waals surface area contributed by atoms with Crippen LogP contribution in [-0.2, 0) is 38.1 Å². The molecule has 0 spiro atoms. The lowest BCUT2D eigenvalue weighted by atomic mass is 9.83. The number of allylic oxidation sites excluding steroid dienone is 3. The van der Waals surface area contributed by atoms with E-state index in [2.05, 4.69) is 19.9 Å². The van der Waals surface area contributed by atoms with Crippen LogP contribution >= 0.6 is 0 Å². The summed E-state index contributed by atoms with van der Waals surface area (Å²) in [6.45, 7) is 7.71. The van der Waals surface area contributed by atoms with Crippen molar-refractivity contribution in [2.45, 2.75) is 159 Å². The molecule has 3 saturated heterocycles. The van der Waals surface area contributed by atoms with E-state index in [4.69, 9.17) is 23.7 Å². The lowest BCUT2D eigenvalue weighted by Crippen LogP contribution is -2.59. The molecule has 3 N–H and O–H groups in total. The van der Waals surface area contributed by atoms with Crippen LogP contribution in [0, 0.1) is 11.8 Å². The smallest absolute Gasteiger partial charge is 0.346 e. The number of aliphatic hydroxyl groups is 3. The fourth-order valence-electron chi connectivity index (χ4n) is 7.01. The second-order valence-electron chi connectivity index (χ2n) is 13.4. The number of hydrogen-bond acceptors (Lipinski definition) is 11. The van der Waals surface area contributed by atoms with Gasteiger partial charge in [0.15, 0.2) is 6.10 Å². The first-order valence-corrected chi connectivity index (χ1v) is 16.8. The van der Waals surface area contributed by atoms with Crippen molar-refractivity contribution in [2.75, 3.05) is 0 Å². The van der Waals surface area contributed by atoms with E-state index in [-0.39, 0.29) is 56.1 Å². The van der Waals surface area contributed by atoms with E-state index in [0.717, 1.165) is 0 Å². The minimum Gasteiger partial charge on any atom is -0.458 e. The predicted molar refractivity (Wildman–Crippen MR) is 163 cm³/mol. The molecule has 11 heteroatoms. The number of esters is 3. The topological polar surface area (TPSA) is 158 Å². The highest BCUT2D eigenvalue weighted by molar-refractivity contribution is 5.85. The van der Waals surface area contributed by atoms with Crippen LogP contribution in [0.3, 0.4) is 0 Å². The molecule has 0 amide bonds. The number of ether oxygens (including phenoxy) is 5. The van der Waals surface area contributed by atoms with Crippen molar-refractivity contribution in [1.82, 2.24) is 0 Å². The molecule has 0 aromatic heterocycles. The van der Waals surface area contributed by atoms with Gasteiger partial charge in [0.25, 0.3) is 0 Å². The molecule has 0 radical (unpaired) electrons. The fraction of sp³-hybridized carbons (Fsp3) is 0.794. The van der Waals surface area contributed by atoms with E-state index in [9.17, 15) is 29.7 Å². The zero-order valence-electron chi connectivity index (χ0n) is 27.0. The molecule has 4 heterocycles. The van der Waals surface area contributed by atoms with Gasteiger partial charge in [0, 0.05) is 25.7 Å². The Kier molecular flexibility index (Phi) is 12.6. The van der Waals surface area contributed by atoms with Crippen LogP contribution in [0.2, 0.25) is 0 Å². The molecule has 0 aromatic carbocycles. The third-order valence-electron chi connectivity index (χ3n) is 9.40. The van der Waals surface area contributed by atoms with Gasteiger partial charge in [-0.25, -0.2) is 4.79 Å². The molecule has 0 saturated carbocycles. The second-order valence-corrected chi connectivity index (χ2v) is 13.4. The van der Waals surface area contributed by atoms with E-state index in [1.165, 1.54) is 0 Å². The number of hydrogen-bond donors (Lipinski definition) is 3. The largest absolute Gasteiger partial charge is 0.458 e. The number of aliphatic hydroxyl groups excluding tert-OH is 2. The number of fused-ring (bicyclic) bond motifs is 6. The van der Waals surface area contributed by atoms with Gasteiger partial charge < -0.3 is 39.0 Å². The Morgan fingerprint density at radius 2 is 1.53 bits per heavy atom. The highest BCUT2D eigenvalue weighted by Gasteiger charge is 2.65. The first-order valence-electron chi connectivity index (χ1n) is 16.8. The van der Waals surface area contributed by atoms with E-state index in [1.807, 2.05) is 18.2 Å². The Morgan fingerprint density at radius 3 is 2.22 bits per heavy atom. The Balaban J connectivity index is 1.71. The summed E-state index contributed by atoms with van der Waals surface area (Å²) in [4.78, 5) is 39.3. The first-order chi connectivity index (χ1) is 21.4. The van der Waals surface area contributed by atoms with E-state index in [1.54, 1.807) is 13.8 Å². The van der Waals surface area contributed by atoms with Crippen molar-refractivity contribution < 1.29 is 53.4 Å². The van der Waals surface area contributed by atoms with Crippen molar-refractivity contribution in [1.29, 1.82) is 0 Å². The van der Waals surface area contributed by atoms with Gasteiger partial charge in [-0.1, -0.05) is 52.0 Å². The molecular weight excluding hydrogens is 584 g/mol. The van der Waals surface area contributed by atoms with Crippen molar-refractivity contribution in [3.05, 3.63) is 24.3 Å². The van der Waals surface area contributed by atoms with Gasteiger partial charge in [-0.2, -0.15) is 0 Å². The third-order valence-corrected chi connectivity index (χ3v) is 9.40. The number of carbonyl (C=O) groups excluding carboxylic acids is 3. The van der Waals surface area contributed by atoms with Gasteiger partial charge in [-0.05, 0) is 56.8 Å². The standard InChI is InChI=1S/C34H52O11/c1-5-10-30(37)44-29-18-24-17-22(35)16-23(41-24)14-20(3)12-8-7-9-13-26-21(4)15-27(42-26)25(36)19-28-32(45-31(38)11-6-2)34(29,40)33(39)43-28/h7-9,12,20-29,32,35-36,40H,5-6,10-11,13-19H2,1-4H3/b9-7-,12-8-/t20-,21+,22-,23+,24+,25+,26+,27+,28+,29-,32-,34-/m0/s1. The van der Waals surface area contributed by atoms with Crippen molar-refractivity contribution in [3.63, 3.8) is 0 Å². The normalized spacial score (nSPS) is 42.3. The van der Waals surface area contributed by atoms with E-state index < -0.39 is 66.2 Å². The second kappa shape index (κ2) is 16.0. The average molecular weight is 637 g/mol. The van der Waals surface area contributed by atoms with Crippen LogP contribution in [0.4, 0.5) is 0 Å². The third kappa shape index (κ3) is 8.94. The molecule has 4 aliphatic rings. The van der Waals surface area contributed by atoms with Crippen LogP contribution in [0.15, 0.2) is 24.3 Å². The number of carbonyl (C=O) groups is 3. The molecule has 0 unspecified atom stereocenters. The lowest BCUT2D eigenvalue weighted by Gasteiger charge is -2.39. The monoisotopic (exact) mass is 636 g/mol.